The number of aliphatic carboxylic acids is 2. The molecule has 192 valence electrons. The molecule has 0 saturated carbocycles. The molecule has 0 saturated heterocycles. The molecule has 0 bridgehead atoms. The van der Waals surface area contributed by atoms with Gasteiger partial charge >= 0.3 is 20.4 Å². The number of carboxylic acid groups (broad SMARTS) is 2. The summed E-state index contributed by atoms with van der Waals surface area (Å²) in [6, 6.07) is 38.6. The number of carbonyl (C=O) groups excluding carboxylic acids is 2. The van der Waals surface area contributed by atoms with Gasteiger partial charge < -0.3 is 19.8 Å². The summed E-state index contributed by atoms with van der Waals surface area (Å²) in [4.78, 5) is 22.4. The van der Waals surface area contributed by atoms with Crippen molar-refractivity contribution in [2.45, 2.75) is 25.7 Å². The fraction of sp³-hybridized carbons (Fsp3) is 0.188. The Balaban J connectivity index is 0.000000253. The van der Waals surface area contributed by atoms with Gasteiger partial charge in [0.2, 0.25) is 0 Å². The molecule has 0 N–H and O–H groups in total. The second kappa shape index (κ2) is 16.3. The van der Waals surface area contributed by atoms with Crippen LogP contribution in [0.5, 0.6) is 0 Å². The maximum Gasteiger partial charge on any atom is 2.00 e. The van der Waals surface area contributed by atoms with Gasteiger partial charge in [0.25, 0.3) is 0 Å². The first-order chi connectivity index (χ1) is 17.5. The molecular formula is C32H30O4Pd. The molecule has 0 aromatic heterocycles. The second-order valence-corrected chi connectivity index (χ2v) is 8.79. The zero-order valence-electron chi connectivity index (χ0n) is 20.5. The van der Waals surface area contributed by atoms with Crippen LogP contribution in [0.4, 0.5) is 0 Å². The Morgan fingerprint density at radius 2 is 0.622 bits per heavy atom. The van der Waals surface area contributed by atoms with Crippen LogP contribution in [0.1, 0.15) is 22.3 Å². The fourth-order valence-electron chi connectivity index (χ4n) is 4.07. The van der Waals surface area contributed by atoms with Gasteiger partial charge in [0.05, 0.1) is 0 Å². The smallest absolute Gasteiger partial charge is 0.550 e. The van der Waals surface area contributed by atoms with Crippen molar-refractivity contribution in [3.63, 3.8) is 0 Å². The van der Waals surface area contributed by atoms with Crippen LogP contribution in [-0.4, -0.2) is 11.9 Å². The molecule has 0 atom stereocenters. The van der Waals surface area contributed by atoms with Gasteiger partial charge in [-0.3, -0.25) is 0 Å². The van der Waals surface area contributed by atoms with Gasteiger partial charge in [0.15, 0.2) is 0 Å². The topological polar surface area (TPSA) is 80.3 Å². The summed E-state index contributed by atoms with van der Waals surface area (Å²) >= 11 is 0. The van der Waals surface area contributed by atoms with Gasteiger partial charge in [-0.05, 0) is 47.9 Å². The molecule has 4 rings (SSSR count). The Bertz CT molecular complexity index is 1000. The Labute approximate surface area is 232 Å². The molecule has 0 aliphatic heterocycles. The van der Waals surface area contributed by atoms with E-state index in [1.807, 2.05) is 121 Å². The molecule has 0 unspecified atom stereocenters. The van der Waals surface area contributed by atoms with E-state index in [9.17, 15) is 19.8 Å². The molecule has 0 spiro atoms. The average molecular weight is 585 g/mol. The predicted molar refractivity (Wildman–Crippen MR) is 138 cm³/mol. The molecule has 0 aliphatic rings. The first-order valence-corrected chi connectivity index (χ1v) is 12.1. The zero-order valence-corrected chi connectivity index (χ0v) is 22.0. The van der Waals surface area contributed by atoms with E-state index < -0.39 is 23.8 Å². The molecule has 0 fully saturated rings. The van der Waals surface area contributed by atoms with E-state index >= 15 is 0 Å². The van der Waals surface area contributed by atoms with Crippen LogP contribution in [0.15, 0.2) is 121 Å². The fourth-order valence-corrected chi connectivity index (χ4v) is 4.07. The van der Waals surface area contributed by atoms with E-state index in [0.717, 1.165) is 22.3 Å². The van der Waals surface area contributed by atoms with Crippen molar-refractivity contribution < 1.29 is 40.2 Å². The predicted octanol–water partition coefficient (Wildman–Crippen LogP) is 3.67. The SMILES string of the molecule is O=C([O-])C(Cc1ccccc1)Cc1ccccc1.O=C([O-])C(Cc1ccccc1)Cc1ccccc1.[Pd+2]. The van der Waals surface area contributed by atoms with Crippen LogP contribution < -0.4 is 10.2 Å². The largest absolute Gasteiger partial charge is 2.00 e. The maximum atomic E-state index is 11.2. The minimum Gasteiger partial charge on any atom is -0.550 e. The molecular weight excluding hydrogens is 555 g/mol. The van der Waals surface area contributed by atoms with E-state index in [1.165, 1.54) is 0 Å². The molecule has 0 heterocycles. The number of carbonyl (C=O) groups is 2. The number of hydrogen-bond donors (Lipinski definition) is 0. The van der Waals surface area contributed by atoms with Crippen molar-refractivity contribution in [1.29, 1.82) is 0 Å². The van der Waals surface area contributed by atoms with Gasteiger partial charge in [0, 0.05) is 23.8 Å². The van der Waals surface area contributed by atoms with Crippen molar-refractivity contribution >= 4 is 11.9 Å². The van der Waals surface area contributed by atoms with Crippen LogP contribution in [0.2, 0.25) is 0 Å². The summed E-state index contributed by atoms with van der Waals surface area (Å²) in [6.45, 7) is 0. The van der Waals surface area contributed by atoms with Crippen LogP contribution in [0.3, 0.4) is 0 Å². The normalized spacial score (nSPS) is 10.2. The summed E-state index contributed by atoms with van der Waals surface area (Å²) < 4.78 is 0. The number of hydrogen-bond acceptors (Lipinski definition) is 4. The molecule has 4 aromatic carbocycles. The van der Waals surface area contributed by atoms with Crippen molar-refractivity contribution in [2.24, 2.45) is 11.8 Å². The monoisotopic (exact) mass is 584 g/mol. The standard InChI is InChI=1S/2C16H16O2.Pd/c2*17-16(18)15(11-13-7-3-1-4-8-13)12-14-9-5-2-6-10-14;/h2*1-10,15H,11-12H2,(H,17,18);/q;;+2/p-2. The summed E-state index contributed by atoms with van der Waals surface area (Å²) in [5.74, 6) is -2.92. The van der Waals surface area contributed by atoms with E-state index in [2.05, 4.69) is 0 Å². The van der Waals surface area contributed by atoms with Crippen molar-refractivity contribution in [1.82, 2.24) is 0 Å². The number of carboxylic acids is 2. The molecule has 4 nitrogen and oxygen atoms in total. The third-order valence-corrected chi connectivity index (χ3v) is 5.97. The molecule has 0 aliphatic carbocycles. The zero-order chi connectivity index (χ0) is 25.6. The van der Waals surface area contributed by atoms with Gasteiger partial charge in [0.1, 0.15) is 0 Å². The summed E-state index contributed by atoms with van der Waals surface area (Å²) in [5, 5.41) is 22.4. The van der Waals surface area contributed by atoms with E-state index in [4.69, 9.17) is 0 Å². The van der Waals surface area contributed by atoms with E-state index in [0.29, 0.717) is 25.7 Å². The van der Waals surface area contributed by atoms with Gasteiger partial charge in [-0.15, -0.1) is 0 Å². The second-order valence-electron chi connectivity index (χ2n) is 8.79. The number of benzene rings is 4. The third-order valence-electron chi connectivity index (χ3n) is 5.97. The van der Waals surface area contributed by atoms with Crippen LogP contribution in [-0.2, 0) is 55.7 Å². The van der Waals surface area contributed by atoms with Gasteiger partial charge in [-0.25, -0.2) is 0 Å². The van der Waals surface area contributed by atoms with Crippen molar-refractivity contribution in [2.75, 3.05) is 0 Å². The minimum atomic E-state index is -0.984. The molecule has 4 aromatic rings. The summed E-state index contributed by atoms with van der Waals surface area (Å²) in [5.41, 5.74) is 4.12. The Hall–Kier alpha value is -3.52. The van der Waals surface area contributed by atoms with Crippen molar-refractivity contribution in [3.05, 3.63) is 144 Å². The van der Waals surface area contributed by atoms with Crippen LogP contribution in [0.25, 0.3) is 0 Å². The average Bonchev–Trinajstić information content (AvgIpc) is 2.91. The van der Waals surface area contributed by atoms with Crippen LogP contribution in [0, 0.1) is 11.8 Å². The first kappa shape index (κ1) is 29.7. The van der Waals surface area contributed by atoms with E-state index in [-0.39, 0.29) is 20.4 Å². The Kier molecular flexibility index (Phi) is 13.1. The quantitative estimate of drug-likeness (QED) is 0.267. The molecule has 0 amide bonds. The molecule has 0 radical (unpaired) electrons. The van der Waals surface area contributed by atoms with E-state index in [1.54, 1.807) is 0 Å². The Morgan fingerprint density at radius 3 is 0.784 bits per heavy atom. The molecule has 5 heteroatoms. The van der Waals surface area contributed by atoms with Crippen LogP contribution >= 0.6 is 0 Å². The van der Waals surface area contributed by atoms with Crippen molar-refractivity contribution in [3.8, 4) is 0 Å². The molecule has 37 heavy (non-hydrogen) atoms. The first-order valence-electron chi connectivity index (χ1n) is 12.1. The maximum absolute atomic E-state index is 11.2. The summed E-state index contributed by atoms with van der Waals surface area (Å²) in [7, 11) is 0. The summed E-state index contributed by atoms with van der Waals surface area (Å²) in [6.07, 6.45) is 2.05. The third kappa shape index (κ3) is 11.0. The van der Waals surface area contributed by atoms with Gasteiger partial charge in [-0.2, -0.15) is 0 Å². The Morgan fingerprint density at radius 1 is 0.432 bits per heavy atom. The van der Waals surface area contributed by atoms with Gasteiger partial charge in [-0.1, -0.05) is 121 Å². The minimum absolute atomic E-state index is 0. The number of rotatable bonds is 10.